The summed E-state index contributed by atoms with van der Waals surface area (Å²) in [6, 6.07) is 0. The van der Waals surface area contributed by atoms with Gasteiger partial charge in [-0.25, -0.2) is 0 Å². The van der Waals surface area contributed by atoms with E-state index in [4.69, 9.17) is 9.47 Å². The van der Waals surface area contributed by atoms with E-state index < -0.39 is 0 Å². The molecule has 4 heteroatoms. The minimum atomic E-state index is -0.146. The third-order valence-electron chi connectivity index (χ3n) is 8.53. The van der Waals surface area contributed by atoms with Crippen molar-refractivity contribution in [2.75, 3.05) is 0 Å². The predicted octanol–water partition coefficient (Wildman–Crippen LogP) is 4.81. The maximum absolute atomic E-state index is 11.6. The highest BCUT2D eigenvalue weighted by molar-refractivity contribution is 5.66. The number of hydrogen-bond acceptors (Lipinski definition) is 4. The molecule has 0 amide bonds. The van der Waals surface area contributed by atoms with E-state index in [0.717, 1.165) is 32.1 Å². The zero-order chi connectivity index (χ0) is 19.4. The van der Waals surface area contributed by atoms with Crippen molar-refractivity contribution in [1.82, 2.24) is 0 Å². The largest absolute Gasteiger partial charge is 0.463 e. The molecular formula is C23H34O4. The molecule has 7 atom stereocenters. The van der Waals surface area contributed by atoms with E-state index in [0.29, 0.717) is 17.8 Å². The Morgan fingerprint density at radius 1 is 1.00 bits per heavy atom. The van der Waals surface area contributed by atoms with Crippen molar-refractivity contribution in [1.29, 1.82) is 0 Å². The molecule has 0 heterocycles. The van der Waals surface area contributed by atoms with E-state index in [1.54, 1.807) is 5.57 Å². The maximum Gasteiger partial charge on any atom is 0.302 e. The van der Waals surface area contributed by atoms with Gasteiger partial charge in [0.05, 0.1) is 0 Å². The standard InChI is InChI=1S/C23H34O4/c1-14(24)26-17-9-11-22(3)16(13-17)5-6-18-19-7-8-21(27-15(2)25)23(19,4)12-10-20(18)22/h10,16-19,21H,5-9,11-13H2,1-4H3/t16-,17-,18+,19+,21+,22+,23+/m1/s1. The van der Waals surface area contributed by atoms with Gasteiger partial charge >= 0.3 is 11.9 Å². The molecular weight excluding hydrogens is 340 g/mol. The fourth-order valence-electron chi connectivity index (χ4n) is 7.18. The number of carbonyl (C=O) groups excluding carboxylic acids is 2. The second-order valence-electron chi connectivity index (χ2n) is 9.96. The second kappa shape index (κ2) is 6.63. The molecule has 0 aromatic rings. The highest BCUT2D eigenvalue weighted by atomic mass is 16.5. The van der Waals surface area contributed by atoms with Crippen molar-refractivity contribution < 1.29 is 19.1 Å². The van der Waals surface area contributed by atoms with E-state index in [2.05, 4.69) is 19.9 Å². The molecule has 4 rings (SSSR count). The van der Waals surface area contributed by atoms with Crippen LogP contribution in [0, 0.1) is 28.6 Å². The van der Waals surface area contributed by atoms with Crippen molar-refractivity contribution >= 4 is 11.9 Å². The van der Waals surface area contributed by atoms with Gasteiger partial charge in [0.1, 0.15) is 12.2 Å². The van der Waals surface area contributed by atoms with Gasteiger partial charge in [-0.05, 0) is 74.5 Å². The predicted molar refractivity (Wildman–Crippen MR) is 103 cm³/mol. The van der Waals surface area contributed by atoms with Crippen molar-refractivity contribution in [2.45, 2.75) is 91.3 Å². The Balaban J connectivity index is 1.56. The van der Waals surface area contributed by atoms with Gasteiger partial charge < -0.3 is 9.47 Å². The van der Waals surface area contributed by atoms with Crippen LogP contribution >= 0.6 is 0 Å². The van der Waals surface area contributed by atoms with Gasteiger partial charge in [-0.1, -0.05) is 25.5 Å². The number of rotatable bonds is 2. The molecule has 0 aliphatic heterocycles. The number of esters is 2. The number of fused-ring (bicyclic) bond motifs is 5. The van der Waals surface area contributed by atoms with Crippen LogP contribution in [0.2, 0.25) is 0 Å². The van der Waals surface area contributed by atoms with Crippen LogP contribution in [-0.2, 0) is 19.1 Å². The quantitative estimate of drug-likeness (QED) is 0.514. The lowest BCUT2D eigenvalue weighted by Crippen LogP contribution is -2.49. The molecule has 0 aromatic carbocycles. The summed E-state index contributed by atoms with van der Waals surface area (Å²) in [4.78, 5) is 22.9. The summed E-state index contributed by atoms with van der Waals surface area (Å²) in [5.41, 5.74) is 2.02. The number of allylic oxidation sites excluding steroid dienone is 2. The lowest BCUT2D eigenvalue weighted by molar-refractivity contribution is -0.153. The first-order chi connectivity index (χ1) is 12.7. The van der Waals surface area contributed by atoms with Crippen LogP contribution in [-0.4, -0.2) is 24.1 Å². The lowest BCUT2D eigenvalue weighted by atomic mass is 9.49. The molecule has 4 aliphatic carbocycles. The Morgan fingerprint density at radius 2 is 1.74 bits per heavy atom. The summed E-state index contributed by atoms with van der Waals surface area (Å²) in [6.45, 7) is 7.86. The fourth-order valence-corrected chi connectivity index (χ4v) is 7.18. The minimum Gasteiger partial charge on any atom is -0.463 e. The van der Waals surface area contributed by atoms with Gasteiger partial charge in [0.2, 0.25) is 0 Å². The topological polar surface area (TPSA) is 52.6 Å². The zero-order valence-corrected chi connectivity index (χ0v) is 17.3. The van der Waals surface area contributed by atoms with Crippen molar-refractivity contribution in [3.05, 3.63) is 11.6 Å². The first-order valence-corrected chi connectivity index (χ1v) is 10.8. The van der Waals surface area contributed by atoms with Crippen molar-refractivity contribution in [3.8, 4) is 0 Å². The molecule has 4 nitrogen and oxygen atoms in total. The molecule has 0 unspecified atom stereocenters. The van der Waals surface area contributed by atoms with Gasteiger partial charge in [-0.3, -0.25) is 9.59 Å². The summed E-state index contributed by atoms with van der Waals surface area (Å²) in [7, 11) is 0. The summed E-state index contributed by atoms with van der Waals surface area (Å²) in [6.07, 6.45) is 11.5. The molecule has 150 valence electrons. The van der Waals surface area contributed by atoms with E-state index in [1.807, 2.05) is 0 Å². The van der Waals surface area contributed by atoms with Gasteiger partial charge in [0.15, 0.2) is 0 Å². The molecule has 0 spiro atoms. The molecule has 0 N–H and O–H groups in total. The van der Waals surface area contributed by atoms with E-state index in [-0.39, 0.29) is 35.0 Å². The molecule has 0 radical (unpaired) electrons. The fraction of sp³-hybridized carbons (Fsp3) is 0.826. The first-order valence-electron chi connectivity index (χ1n) is 10.8. The Labute approximate surface area is 163 Å². The van der Waals surface area contributed by atoms with Crippen molar-refractivity contribution in [2.24, 2.45) is 28.6 Å². The molecule has 3 fully saturated rings. The SMILES string of the molecule is CC(=O)O[C@@H]1CC[C@]2(C)C3=CC[C@]4(C)[C@@H](OC(C)=O)CC[C@H]4[C@@H]3CC[C@@H]2C1. The van der Waals surface area contributed by atoms with E-state index >= 15 is 0 Å². The van der Waals surface area contributed by atoms with E-state index in [9.17, 15) is 9.59 Å². The molecule has 0 bridgehead atoms. The van der Waals surface area contributed by atoms with Crippen LogP contribution in [0.5, 0.6) is 0 Å². The second-order valence-corrected chi connectivity index (χ2v) is 9.96. The highest BCUT2D eigenvalue weighted by Crippen LogP contribution is 2.64. The average Bonchev–Trinajstić information content (AvgIpc) is 2.91. The van der Waals surface area contributed by atoms with Gasteiger partial charge in [-0.2, -0.15) is 0 Å². The smallest absolute Gasteiger partial charge is 0.302 e. The Hall–Kier alpha value is -1.32. The van der Waals surface area contributed by atoms with E-state index in [1.165, 1.54) is 33.1 Å². The molecule has 27 heavy (non-hydrogen) atoms. The van der Waals surface area contributed by atoms with Crippen LogP contribution in [0.1, 0.15) is 79.1 Å². The summed E-state index contributed by atoms with van der Waals surface area (Å²) >= 11 is 0. The van der Waals surface area contributed by atoms with Crippen LogP contribution < -0.4 is 0 Å². The number of carbonyl (C=O) groups is 2. The van der Waals surface area contributed by atoms with Crippen LogP contribution in [0.25, 0.3) is 0 Å². The molecule has 0 aromatic heterocycles. The Morgan fingerprint density at radius 3 is 2.44 bits per heavy atom. The Kier molecular flexibility index (Phi) is 4.67. The monoisotopic (exact) mass is 374 g/mol. The van der Waals surface area contributed by atoms with Crippen LogP contribution in [0.3, 0.4) is 0 Å². The van der Waals surface area contributed by atoms with Crippen molar-refractivity contribution in [3.63, 3.8) is 0 Å². The Bertz CT molecular complexity index is 667. The molecule has 3 saturated carbocycles. The summed E-state index contributed by atoms with van der Waals surface area (Å²) in [5.74, 6) is 1.60. The van der Waals surface area contributed by atoms with Crippen LogP contribution in [0.4, 0.5) is 0 Å². The van der Waals surface area contributed by atoms with Crippen LogP contribution in [0.15, 0.2) is 11.6 Å². The van der Waals surface area contributed by atoms with Gasteiger partial charge in [0.25, 0.3) is 0 Å². The summed E-state index contributed by atoms with van der Waals surface area (Å²) in [5, 5.41) is 0. The highest BCUT2D eigenvalue weighted by Gasteiger charge is 2.58. The number of ether oxygens (including phenoxy) is 2. The number of hydrogen-bond donors (Lipinski definition) is 0. The maximum atomic E-state index is 11.6. The van der Waals surface area contributed by atoms with Gasteiger partial charge in [-0.15, -0.1) is 0 Å². The summed E-state index contributed by atoms with van der Waals surface area (Å²) < 4.78 is 11.3. The average molecular weight is 375 g/mol. The third-order valence-corrected chi connectivity index (χ3v) is 8.53. The minimum absolute atomic E-state index is 0.0723. The third kappa shape index (κ3) is 3.03. The first kappa shape index (κ1) is 19.0. The normalized spacial score (nSPS) is 45.8. The molecule has 4 aliphatic rings. The molecule has 0 saturated heterocycles. The zero-order valence-electron chi connectivity index (χ0n) is 17.3. The lowest BCUT2D eigenvalue weighted by Gasteiger charge is -2.56. The van der Waals surface area contributed by atoms with Gasteiger partial charge in [0, 0.05) is 19.3 Å².